The summed E-state index contributed by atoms with van der Waals surface area (Å²) in [4.78, 5) is 0. The van der Waals surface area contributed by atoms with Crippen LogP contribution in [0, 0.1) is 0 Å². The maximum Gasteiger partial charge on any atom is 0.416 e. The first-order valence-electron chi connectivity index (χ1n) is 5.07. The molecule has 0 aliphatic heterocycles. The maximum absolute atomic E-state index is 12.3. The van der Waals surface area contributed by atoms with Gasteiger partial charge in [0.05, 0.1) is 5.56 Å². The minimum Gasteiger partial charge on any atom is -0.383 e. The van der Waals surface area contributed by atoms with Crippen molar-refractivity contribution in [2.75, 3.05) is 11.9 Å². The molecule has 1 rings (SSSR count). The van der Waals surface area contributed by atoms with Gasteiger partial charge in [-0.25, -0.2) is 0 Å². The van der Waals surface area contributed by atoms with Gasteiger partial charge in [-0.2, -0.15) is 13.2 Å². The third-order valence-corrected chi connectivity index (χ3v) is 2.22. The molecule has 0 fully saturated rings. The number of hydrogen-bond acceptors (Lipinski definition) is 2. The van der Waals surface area contributed by atoms with Crippen molar-refractivity contribution in [1.29, 1.82) is 0 Å². The van der Waals surface area contributed by atoms with E-state index in [4.69, 9.17) is 5.73 Å². The number of anilines is 1. The molecule has 0 bridgehead atoms. The number of benzene rings is 1. The van der Waals surface area contributed by atoms with Crippen molar-refractivity contribution in [2.24, 2.45) is 5.73 Å². The van der Waals surface area contributed by atoms with Crippen LogP contribution in [0.25, 0.3) is 0 Å². The molecule has 0 heterocycles. The first kappa shape index (κ1) is 12.8. The lowest BCUT2D eigenvalue weighted by Crippen LogP contribution is -2.19. The van der Waals surface area contributed by atoms with E-state index < -0.39 is 11.7 Å². The molecule has 1 aromatic rings. The summed E-state index contributed by atoms with van der Waals surface area (Å²) < 4.78 is 36.8. The Bertz CT molecular complexity index is 319. The summed E-state index contributed by atoms with van der Waals surface area (Å²) in [6.45, 7) is 2.49. The fourth-order valence-electron chi connectivity index (χ4n) is 1.36. The quantitative estimate of drug-likeness (QED) is 0.837. The number of nitrogens with one attached hydrogen (secondary N) is 1. The fourth-order valence-corrected chi connectivity index (χ4v) is 1.36. The van der Waals surface area contributed by atoms with Crippen molar-refractivity contribution in [3.63, 3.8) is 0 Å². The van der Waals surface area contributed by atoms with Gasteiger partial charge < -0.3 is 11.1 Å². The van der Waals surface area contributed by atoms with E-state index in [2.05, 4.69) is 5.32 Å². The van der Waals surface area contributed by atoms with E-state index in [1.807, 2.05) is 6.92 Å². The Balaban J connectivity index is 2.65. The van der Waals surface area contributed by atoms with Crippen LogP contribution in [0.5, 0.6) is 0 Å². The molecule has 0 aliphatic carbocycles. The van der Waals surface area contributed by atoms with Crippen molar-refractivity contribution in [1.82, 2.24) is 0 Å². The monoisotopic (exact) mass is 232 g/mol. The molecule has 0 aliphatic rings. The summed E-state index contributed by atoms with van der Waals surface area (Å²) in [7, 11) is 0. The average molecular weight is 232 g/mol. The van der Waals surface area contributed by atoms with Crippen LogP contribution in [-0.4, -0.2) is 12.6 Å². The highest BCUT2D eigenvalue weighted by atomic mass is 19.4. The van der Waals surface area contributed by atoms with Crippen LogP contribution in [-0.2, 0) is 6.18 Å². The molecule has 1 aromatic carbocycles. The van der Waals surface area contributed by atoms with E-state index in [9.17, 15) is 13.2 Å². The summed E-state index contributed by atoms with van der Waals surface area (Å²) >= 11 is 0. The van der Waals surface area contributed by atoms with E-state index in [0.29, 0.717) is 12.2 Å². The highest BCUT2D eigenvalue weighted by Crippen LogP contribution is 2.29. The summed E-state index contributed by atoms with van der Waals surface area (Å²) in [6.07, 6.45) is -3.50. The van der Waals surface area contributed by atoms with Crippen molar-refractivity contribution in [2.45, 2.75) is 25.6 Å². The van der Waals surface area contributed by atoms with Crippen LogP contribution in [0.1, 0.15) is 18.9 Å². The molecule has 3 N–H and O–H groups in total. The lowest BCUT2D eigenvalue weighted by Gasteiger charge is -2.14. The molecule has 90 valence electrons. The number of rotatable bonds is 4. The van der Waals surface area contributed by atoms with E-state index >= 15 is 0 Å². The zero-order valence-electron chi connectivity index (χ0n) is 9.01. The molecule has 0 saturated carbocycles. The summed E-state index contributed by atoms with van der Waals surface area (Å²) in [5.41, 5.74) is 5.42. The molecular formula is C11H15F3N2. The van der Waals surface area contributed by atoms with Crippen molar-refractivity contribution >= 4 is 5.69 Å². The second kappa shape index (κ2) is 5.21. The standard InChI is InChI=1S/C11H15F3N2/c1-8(6-7-15)16-10-4-2-9(3-5-10)11(12,13)14/h2-5,8,16H,6-7,15H2,1H3. The molecule has 0 spiro atoms. The molecule has 0 aromatic heterocycles. The molecule has 0 amide bonds. The molecule has 2 nitrogen and oxygen atoms in total. The van der Waals surface area contributed by atoms with Crippen LogP contribution < -0.4 is 11.1 Å². The number of halogens is 3. The summed E-state index contributed by atoms with van der Waals surface area (Å²) in [6, 6.07) is 5.14. The van der Waals surface area contributed by atoms with Gasteiger partial charge in [-0.3, -0.25) is 0 Å². The zero-order valence-corrected chi connectivity index (χ0v) is 9.01. The highest BCUT2D eigenvalue weighted by Gasteiger charge is 2.29. The number of hydrogen-bond donors (Lipinski definition) is 2. The van der Waals surface area contributed by atoms with Crippen LogP contribution >= 0.6 is 0 Å². The van der Waals surface area contributed by atoms with Gasteiger partial charge in [-0.05, 0) is 44.2 Å². The van der Waals surface area contributed by atoms with Gasteiger partial charge in [0, 0.05) is 11.7 Å². The van der Waals surface area contributed by atoms with Crippen LogP contribution in [0.3, 0.4) is 0 Å². The molecule has 1 unspecified atom stereocenters. The predicted octanol–water partition coefficient (Wildman–Crippen LogP) is 2.85. The van der Waals surface area contributed by atoms with Gasteiger partial charge in [0.15, 0.2) is 0 Å². The Kier molecular flexibility index (Phi) is 4.18. The predicted molar refractivity (Wildman–Crippen MR) is 58.2 cm³/mol. The SMILES string of the molecule is CC(CCN)Nc1ccc(C(F)(F)F)cc1. The minimum absolute atomic E-state index is 0.154. The largest absolute Gasteiger partial charge is 0.416 e. The van der Waals surface area contributed by atoms with Gasteiger partial charge in [0.2, 0.25) is 0 Å². The molecule has 0 saturated heterocycles. The summed E-state index contributed by atoms with van der Waals surface area (Å²) in [5, 5.41) is 3.07. The first-order valence-corrected chi connectivity index (χ1v) is 5.07. The summed E-state index contributed by atoms with van der Waals surface area (Å²) in [5.74, 6) is 0. The lowest BCUT2D eigenvalue weighted by molar-refractivity contribution is -0.137. The number of nitrogens with two attached hydrogens (primary N) is 1. The topological polar surface area (TPSA) is 38.0 Å². The van der Waals surface area contributed by atoms with E-state index in [1.165, 1.54) is 12.1 Å². The van der Waals surface area contributed by atoms with Crippen molar-refractivity contribution in [3.8, 4) is 0 Å². The second-order valence-electron chi connectivity index (χ2n) is 3.70. The van der Waals surface area contributed by atoms with Gasteiger partial charge in [0.1, 0.15) is 0 Å². The number of alkyl halides is 3. The fraction of sp³-hybridized carbons (Fsp3) is 0.455. The van der Waals surface area contributed by atoms with Gasteiger partial charge in [-0.1, -0.05) is 0 Å². The molecule has 0 radical (unpaired) electrons. The Hall–Kier alpha value is -1.23. The van der Waals surface area contributed by atoms with Gasteiger partial charge in [-0.15, -0.1) is 0 Å². The smallest absolute Gasteiger partial charge is 0.383 e. The Morgan fingerprint density at radius 3 is 2.25 bits per heavy atom. The Morgan fingerprint density at radius 2 is 1.81 bits per heavy atom. The maximum atomic E-state index is 12.3. The molecule has 16 heavy (non-hydrogen) atoms. The van der Waals surface area contributed by atoms with Crippen LogP contribution in [0.15, 0.2) is 24.3 Å². The normalized spacial score (nSPS) is 13.6. The zero-order chi connectivity index (χ0) is 12.2. The molecular weight excluding hydrogens is 217 g/mol. The minimum atomic E-state index is -4.28. The molecule has 1 atom stereocenters. The Labute approximate surface area is 92.6 Å². The van der Waals surface area contributed by atoms with Crippen LogP contribution in [0.4, 0.5) is 18.9 Å². The lowest BCUT2D eigenvalue weighted by atomic mass is 10.1. The van der Waals surface area contributed by atoms with Crippen LogP contribution in [0.2, 0.25) is 0 Å². The van der Waals surface area contributed by atoms with Gasteiger partial charge in [0.25, 0.3) is 0 Å². The van der Waals surface area contributed by atoms with E-state index in [1.54, 1.807) is 0 Å². The highest BCUT2D eigenvalue weighted by molar-refractivity contribution is 5.45. The van der Waals surface area contributed by atoms with E-state index in [0.717, 1.165) is 18.6 Å². The third-order valence-electron chi connectivity index (χ3n) is 2.22. The average Bonchev–Trinajstić information content (AvgIpc) is 2.17. The van der Waals surface area contributed by atoms with E-state index in [-0.39, 0.29) is 6.04 Å². The Morgan fingerprint density at radius 1 is 1.25 bits per heavy atom. The van der Waals surface area contributed by atoms with Crippen molar-refractivity contribution < 1.29 is 13.2 Å². The van der Waals surface area contributed by atoms with Crippen molar-refractivity contribution in [3.05, 3.63) is 29.8 Å². The van der Waals surface area contributed by atoms with Gasteiger partial charge >= 0.3 is 6.18 Å². The third kappa shape index (κ3) is 3.73. The first-order chi connectivity index (χ1) is 7.43. The second-order valence-corrected chi connectivity index (χ2v) is 3.70. The molecule has 5 heteroatoms.